The third-order valence-corrected chi connectivity index (χ3v) is 9.05. The van der Waals surface area contributed by atoms with E-state index < -0.39 is 0 Å². The number of carbonyl (C=O) groups is 2. The van der Waals surface area contributed by atoms with Gasteiger partial charge in [-0.1, -0.05) is 54.2 Å². The molecule has 2 aromatic carbocycles. The third-order valence-electron chi connectivity index (χ3n) is 8.13. The minimum absolute atomic E-state index is 0.0352. The molecular weight excluding hydrogens is 546 g/mol. The Morgan fingerprint density at radius 3 is 2.48 bits per heavy atom. The van der Waals surface area contributed by atoms with Gasteiger partial charge >= 0.3 is 5.97 Å². The number of amides is 1. The van der Waals surface area contributed by atoms with Crippen LogP contribution in [-0.2, 0) is 21.8 Å². The molecule has 1 amide bonds. The largest absolute Gasteiger partial charge is 0.466 e. The second-order valence-electron chi connectivity index (χ2n) is 11.1. The van der Waals surface area contributed by atoms with Crippen molar-refractivity contribution in [1.29, 1.82) is 0 Å². The lowest BCUT2D eigenvalue weighted by atomic mass is 9.97. The fourth-order valence-electron chi connectivity index (χ4n) is 5.66. The van der Waals surface area contributed by atoms with Crippen LogP contribution in [0.25, 0.3) is 0 Å². The molecule has 42 heavy (non-hydrogen) atoms. The van der Waals surface area contributed by atoms with Crippen LogP contribution in [0.3, 0.4) is 0 Å². The van der Waals surface area contributed by atoms with Crippen LogP contribution in [0.2, 0.25) is 0 Å². The van der Waals surface area contributed by atoms with Gasteiger partial charge in [0.2, 0.25) is 0 Å². The molecule has 1 aromatic heterocycles. The molecule has 1 unspecified atom stereocenters. The van der Waals surface area contributed by atoms with Crippen LogP contribution in [0.4, 0.5) is 5.82 Å². The zero-order valence-corrected chi connectivity index (χ0v) is 25.7. The molecule has 0 bridgehead atoms. The third kappa shape index (κ3) is 7.50. The number of aromatic nitrogens is 2. The van der Waals surface area contributed by atoms with Crippen molar-refractivity contribution in [3.05, 3.63) is 82.5 Å². The van der Waals surface area contributed by atoms with E-state index in [1.807, 2.05) is 31.2 Å². The van der Waals surface area contributed by atoms with E-state index in [0.717, 1.165) is 73.4 Å². The van der Waals surface area contributed by atoms with E-state index in [-0.39, 0.29) is 17.8 Å². The number of hydrogen-bond acceptors (Lipinski definition) is 8. The number of thioether (sulfide) groups is 1. The molecule has 0 spiro atoms. The Hall–Kier alpha value is -3.43. The second-order valence-corrected chi connectivity index (χ2v) is 12.1. The number of aryl methyl sites for hydroxylation is 1. The topological polar surface area (TPSA) is 78.9 Å². The van der Waals surface area contributed by atoms with Crippen molar-refractivity contribution in [2.45, 2.75) is 51.1 Å². The van der Waals surface area contributed by atoms with Crippen LogP contribution in [0, 0.1) is 19.8 Å². The molecule has 3 aromatic rings. The summed E-state index contributed by atoms with van der Waals surface area (Å²) in [5.41, 5.74) is 5.17. The van der Waals surface area contributed by atoms with Gasteiger partial charge in [-0.25, -0.2) is 9.97 Å². The fourth-order valence-corrected chi connectivity index (χ4v) is 6.49. The minimum atomic E-state index is -0.246. The molecular formula is C33H41N5O3S. The molecule has 0 saturated carbocycles. The highest BCUT2D eigenvalue weighted by Crippen LogP contribution is 2.28. The number of ether oxygens (including phenoxy) is 1. The highest BCUT2D eigenvalue weighted by atomic mass is 32.2. The summed E-state index contributed by atoms with van der Waals surface area (Å²) in [7, 11) is 0. The van der Waals surface area contributed by atoms with Gasteiger partial charge in [-0.3, -0.25) is 14.5 Å². The van der Waals surface area contributed by atoms with Gasteiger partial charge in [0.15, 0.2) is 5.16 Å². The molecule has 5 rings (SSSR count). The van der Waals surface area contributed by atoms with Crippen LogP contribution in [0.15, 0.2) is 59.8 Å². The molecule has 9 heteroatoms. The summed E-state index contributed by atoms with van der Waals surface area (Å²) in [6.07, 6.45) is 1.57. The number of nitrogens with zero attached hydrogens (tertiary/aromatic N) is 5. The Kier molecular flexibility index (Phi) is 10.1. The number of likely N-dealkylation sites (tertiary alicyclic amines) is 1. The van der Waals surface area contributed by atoms with E-state index in [2.05, 4.69) is 54.0 Å². The molecule has 3 heterocycles. The zero-order valence-electron chi connectivity index (χ0n) is 24.9. The smallest absolute Gasteiger partial charge is 0.310 e. The van der Waals surface area contributed by atoms with Crippen molar-refractivity contribution in [3.8, 4) is 0 Å². The van der Waals surface area contributed by atoms with Crippen molar-refractivity contribution in [1.82, 2.24) is 19.8 Å². The molecule has 2 saturated heterocycles. The quantitative estimate of drug-likeness (QED) is 0.194. The van der Waals surface area contributed by atoms with E-state index >= 15 is 0 Å². The van der Waals surface area contributed by atoms with Gasteiger partial charge < -0.3 is 14.5 Å². The van der Waals surface area contributed by atoms with Crippen molar-refractivity contribution < 1.29 is 14.3 Å². The Labute approximate surface area is 253 Å². The van der Waals surface area contributed by atoms with Crippen molar-refractivity contribution >= 4 is 29.5 Å². The maximum Gasteiger partial charge on any atom is 0.310 e. The Morgan fingerprint density at radius 1 is 0.952 bits per heavy atom. The maximum atomic E-state index is 13.3. The van der Waals surface area contributed by atoms with E-state index in [9.17, 15) is 9.59 Å². The molecule has 2 aliphatic rings. The standard InChI is InChI=1S/C33H41N5O3S/c1-4-41-32(40)29-14-9-15-38(22-29)31(39)28-13-8-12-27(20-28)23-42-33-34-25(3)24(2)30(35-33)37-18-16-36(17-19-37)21-26-10-6-5-7-11-26/h5-8,10-13,20,29H,4,9,14-19,21-23H2,1-3H3. The van der Waals surface area contributed by atoms with Crippen LogP contribution in [-0.4, -0.2) is 77.5 Å². The Bertz CT molecular complexity index is 1380. The molecule has 0 radical (unpaired) electrons. The van der Waals surface area contributed by atoms with Crippen molar-refractivity contribution in [2.75, 3.05) is 50.8 Å². The van der Waals surface area contributed by atoms with Gasteiger partial charge in [-0.15, -0.1) is 0 Å². The van der Waals surface area contributed by atoms with Gasteiger partial charge in [0.1, 0.15) is 5.82 Å². The molecule has 2 aliphatic heterocycles. The number of esters is 1. The normalized spacial score (nSPS) is 17.7. The molecule has 0 N–H and O–H groups in total. The summed E-state index contributed by atoms with van der Waals surface area (Å²) in [6, 6.07) is 18.4. The number of rotatable bonds is 9. The van der Waals surface area contributed by atoms with Crippen LogP contribution in [0.5, 0.6) is 0 Å². The summed E-state index contributed by atoms with van der Waals surface area (Å²) >= 11 is 1.60. The van der Waals surface area contributed by atoms with E-state index in [4.69, 9.17) is 14.7 Å². The summed E-state index contributed by atoms with van der Waals surface area (Å²) in [5.74, 6) is 1.20. The lowest BCUT2D eigenvalue weighted by Gasteiger charge is -2.36. The number of carbonyl (C=O) groups excluding carboxylic acids is 2. The molecule has 222 valence electrons. The average molecular weight is 588 g/mol. The van der Waals surface area contributed by atoms with Crippen LogP contribution in [0.1, 0.15) is 52.5 Å². The number of anilines is 1. The Balaban J connectivity index is 1.20. The SMILES string of the molecule is CCOC(=O)C1CCCN(C(=O)c2cccc(CSc3nc(C)c(C)c(N4CCN(Cc5ccccc5)CC4)n3)c2)C1. The number of hydrogen-bond donors (Lipinski definition) is 0. The summed E-state index contributed by atoms with van der Waals surface area (Å²) < 4.78 is 5.20. The lowest BCUT2D eigenvalue weighted by molar-refractivity contribution is -0.149. The first-order valence-corrected chi connectivity index (χ1v) is 15.9. The fraction of sp³-hybridized carbons (Fsp3) is 0.455. The number of piperidine rings is 1. The maximum absolute atomic E-state index is 13.3. The number of piperazine rings is 1. The highest BCUT2D eigenvalue weighted by Gasteiger charge is 2.30. The van der Waals surface area contributed by atoms with Gasteiger partial charge in [0.25, 0.3) is 5.91 Å². The summed E-state index contributed by atoms with van der Waals surface area (Å²) in [6.45, 7) is 12.3. The lowest BCUT2D eigenvalue weighted by Crippen LogP contribution is -2.46. The minimum Gasteiger partial charge on any atom is -0.466 e. The molecule has 2 fully saturated rings. The van der Waals surface area contributed by atoms with Crippen molar-refractivity contribution in [3.63, 3.8) is 0 Å². The van der Waals surface area contributed by atoms with Crippen molar-refractivity contribution in [2.24, 2.45) is 5.92 Å². The second kappa shape index (κ2) is 14.2. The first kappa shape index (κ1) is 30.0. The van der Waals surface area contributed by atoms with E-state index in [1.54, 1.807) is 16.7 Å². The van der Waals surface area contributed by atoms with Gasteiger partial charge in [-0.05, 0) is 56.9 Å². The van der Waals surface area contributed by atoms with E-state index in [0.29, 0.717) is 31.0 Å². The number of benzene rings is 2. The highest BCUT2D eigenvalue weighted by molar-refractivity contribution is 7.98. The van der Waals surface area contributed by atoms with Gasteiger partial charge in [0, 0.05) is 68.4 Å². The Morgan fingerprint density at radius 2 is 1.71 bits per heavy atom. The molecule has 1 atom stereocenters. The monoisotopic (exact) mass is 587 g/mol. The predicted octanol–water partition coefficient (Wildman–Crippen LogP) is 5.12. The first-order chi connectivity index (χ1) is 20.4. The summed E-state index contributed by atoms with van der Waals surface area (Å²) in [5, 5.41) is 0.754. The van der Waals surface area contributed by atoms with E-state index in [1.165, 1.54) is 5.56 Å². The average Bonchev–Trinajstić information content (AvgIpc) is 3.02. The molecule has 8 nitrogen and oxygen atoms in total. The van der Waals surface area contributed by atoms with Crippen LogP contribution < -0.4 is 4.90 Å². The van der Waals surface area contributed by atoms with Crippen LogP contribution >= 0.6 is 11.8 Å². The predicted molar refractivity (Wildman–Crippen MR) is 167 cm³/mol. The first-order valence-electron chi connectivity index (χ1n) is 15.0. The molecule has 0 aliphatic carbocycles. The van der Waals surface area contributed by atoms with Gasteiger partial charge in [-0.2, -0.15) is 0 Å². The summed E-state index contributed by atoms with van der Waals surface area (Å²) in [4.78, 5) is 42.0. The zero-order chi connectivity index (χ0) is 29.5. The van der Waals surface area contributed by atoms with Gasteiger partial charge in [0.05, 0.1) is 12.5 Å².